The number of carboxylic acids is 1. The molecule has 0 bridgehead atoms. The molecule has 0 aliphatic heterocycles. The van der Waals surface area contributed by atoms with E-state index in [1.807, 2.05) is 13.8 Å². The minimum Gasteiger partial charge on any atom is -0.477 e. The predicted octanol–water partition coefficient (Wildman–Crippen LogP) is 1.85. The first kappa shape index (κ1) is 15.1. The standard InChI is InChI=1S/C13H20N2O4S/c1-9(2)5-6-14-20(18,19)11-7-12(13(16)17)15(8-11)10-3-4-10/h7-10,14H,3-6H2,1-2H3,(H,16,17). The van der Waals surface area contributed by atoms with E-state index in [-0.39, 0.29) is 16.6 Å². The van der Waals surface area contributed by atoms with Crippen molar-refractivity contribution in [1.29, 1.82) is 0 Å². The number of nitrogens with zero attached hydrogens (tertiary/aromatic N) is 1. The molecule has 0 unspecified atom stereocenters. The average Bonchev–Trinajstić information content (AvgIpc) is 3.06. The van der Waals surface area contributed by atoms with Crippen LogP contribution in [0, 0.1) is 5.92 Å². The molecule has 1 aromatic heterocycles. The maximum atomic E-state index is 12.1. The largest absolute Gasteiger partial charge is 0.477 e. The molecule has 6 nitrogen and oxygen atoms in total. The molecule has 1 heterocycles. The normalized spacial score (nSPS) is 15.8. The van der Waals surface area contributed by atoms with Gasteiger partial charge in [-0.15, -0.1) is 0 Å². The monoisotopic (exact) mass is 300 g/mol. The summed E-state index contributed by atoms with van der Waals surface area (Å²) in [5, 5.41) is 9.13. The molecule has 2 N–H and O–H groups in total. The van der Waals surface area contributed by atoms with Crippen molar-refractivity contribution in [1.82, 2.24) is 9.29 Å². The third-order valence-electron chi connectivity index (χ3n) is 3.31. The highest BCUT2D eigenvalue weighted by molar-refractivity contribution is 7.89. The molecule has 0 atom stereocenters. The number of carbonyl (C=O) groups is 1. The molecule has 0 spiro atoms. The van der Waals surface area contributed by atoms with Gasteiger partial charge in [-0.1, -0.05) is 13.8 Å². The smallest absolute Gasteiger partial charge is 0.352 e. The van der Waals surface area contributed by atoms with E-state index in [0.717, 1.165) is 19.3 Å². The zero-order valence-electron chi connectivity index (χ0n) is 11.7. The number of sulfonamides is 1. The van der Waals surface area contributed by atoms with Gasteiger partial charge in [0.05, 0.1) is 0 Å². The van der Waals surface area contributed by atoms with Gasteiger partial charge in [0.1, 0.15) is 10.6 Å². The summed E-state index contributed by atoms with van der Waals surface area (Å²) in [6.07, 6.45) is 3.97. The van der Waals surface area contributed by atoms with E-state index < -0.39 is 16.0 Å². The SMILES string of the molecule is CC(C)CCNS(=O)(=O)c1cc(C(=O)O)n(C2CC2)c1. The Bertz CT molecular complexity index is 600. The van der Waals surface area contributed by atoms with Crippen LogP contribution in [0.2, 0.25) is 0 Å². The van der Waals surface area contributed by atoms with E-state index in [9.17, 15) is 13.2 Å². The number of rotatable bonds is 7. The number of hydrogen-bond acceptors (Lipinski definition) is 3. The van der Waals surface area contributed by atoms with Crippen molar-refractivity contribution in [3.63, 3.8) is 0 Å². The summed E-state index contributed by atoms with van der Waals surface area (Å²) in [7, 11) is -3.63. The molecule has 0 saturated heterocycles. The van der Waals surface area contributed by atoms with E-state index in [4.69, 9.17) is 5.11 Å². The fraction of sp³-hybridized carbons (Fsp3) is 0.615. The first-order chi connectivity index (χ1) is 9.31. The van der Waals surface area contributed by atoms with Crippen LogP contribution in [-0.2, 0) is 10.0 Å². The Morgan fingerprint density at radius 2 is 2.15 bits per heavy atom. The van der Waals surface area contributed by atoms with E-state index in [0.29, 0.717) is 12.5 Å². The van der Waals surface area contributed by atoms with E-state index in [2.05, 4.69) is 4.72 Å². The van der Waals surface area contributed by atoms with Crippen molar-refractivity contribution < 1.29 is 18.3 Å². The summed E-state index contributed by atoms with van der Waals surface area (Å²) in [4.78, 5) is 11.2. The summed E-state index contributed by atoms with van der Waals surface area (Å²) in [6.45, 7) is 4.39. The maximum absolute atomic E-state index is 12.1. The van der Waals surface area contributed by atoms with Gasteiger partial charge in [0, 0.05) is 18.8 Å². The molecule has 1 aliphatic carbocycles. The second kappa shape index (κ2) is 5.57. The Morgan fingerprint density at radius 1 is 1.50 bits per heavy atom. The topological polar surface area (TPSA) is 88.4 Å². The lowest BCUT2D eigenvalue weighted by atomic mass is 10.1. The number of nitrogens with one attached hydrogen (secondary N) is 1. The number of aromatic carboxylic acids is 1. The van der Waals surface area contributed by atoms with Crippen molar-refractivity contribution in [2.45, 2.75) is 44.0 Å². The minimum absolute atomic E-state index is 0.0329. The second-order valence-corrected chi connectivity index (χ2v) is 7.35. The third-order valence-corrected chi connectivity index (χ3v) is 4.73. The molecule has 112 valence electrons. The average molecular weight is 300 g/mol. The second-order valence-electron chi connectivity index (χ2n) is 5.58. The molecular weight excluding hydrogens is 280 g/mol. The Labute approximate surface area is 118 Å². The van der Waals surface area contributed by atoms with Crippen LogP contribution in [0.3, 0.4) is 0 Å². The quantitative estimate of drug-likeness (QED) is 0.804. The summed E-state index contributed by atoms with van der Waals surface area (Å²) in [5.41, 5.74) is 0.0386. The number of carboxylic acid groups (broad SMARTS) is 1. The molecule has 20 heavy (non-hydrogen) atoms. The Hall–Kier alpha value is -1.34. The molecule has 1 fully saturated rings. The third kappa shape index (κ3) is 3.40. The first-order valence-electron chi connectivity index (χ1n) is 6.76. The van der Waals surface area contributed by atoms with Crippen molar-refractivity contribution in [2.24, 2.45) is 5.92 Å². The van der Waals surface area contributed by atoms with Crippen LogP contribution in [-0.4, -0.2) is 30.6 Å². The van der Waals surface area contributed by atoms with Crippen LogP contribution in [0.15, 0.2) is 17.2 Å². The molecule has 0 amide bonds. The van der Waals surface area contributed by atoms with Crippen LogP contribution in [0.5, 0.6) is 0 Å². The number of hydrogen-bond donors (Lipinski definition) is 2. The zero-order valence-corrected chi connectivity index (χ0v) is 12.5. The molecule has 0 radical (unpaired) electrons. The minimum atomic E-state index is -3.63. The van der Waals surface area contributed by atoms with Gasteiger partial charge in [-0.05, 0) is 31.2 Å². The van der Waals surface area contributed by atoms with Gasteiger partial charge < -0.3 is 9.67 Å². The van der Waals surface area contributed by atoms with E-state index in [1.54, 1.807) is 4.57 Å². The van der Waals surface area contributed by atoms with Crippen LogP contribution < -0.4 is 4.72 Å². The van der Waals surface area contributed by atoms with Crippen LogP contribution >= 0.6 is 0 Å². The van der Waals surface area contributed by atoms with Crippen molar-refractivity contribution in [2.75, 3.05) is 6.54 Å². The molecule has 1 aromatic rings. The summed E-state index contributed by atoms with van der Waals surface area (Å²) in [5.74, 6) is -0.691. The first-order valence-corrected chi connectivity index (χ1v) is 8.24. The Morgan fingerprint density at radius 3 is 2.65 bits per heavy atom. The lowest BCUT2D eigenvalue weighted by molar-refractivity contribution is 0.0685. The maximum Gasteiger partial charge on any atom is 0.352 e. The summed E-state index contributed by atoms with van der Waals surface area (Å²) < 4.78 is 28.3. The predicted molar refractivity (Wildman–Crippen MR) is 74.3 cm³/mol. The summed E-state index contributed by atoms with van der Waals surface area (Å²) in [6, 6.07) is 1.36. The van der Waals surface area contributed by atoms with Gasteiger partial charge in [-0.3, -0.25) is 0 Å². The van der Waals surface area contributed by atoms with Gasteiger partial charge in [0.2, 0.25) is 10.0 Å². The van der Waals surface area contributed by atoms with Gasteiger partial charge >= 0.3 is 5.97 Å². The van der Waals surface area contributed by atoms with Crippen LogP contribution in [0.25, 0.3) is 0 Å². The number of aromatic nitrogens is 1. The molecular formula is C13H20N2O4S. The lowest BCUT2D eigenvalue weighted by Gasteiger charge is -2.06. The highest BCUT2D eigenvalue weighted by Crippen LogP contribution is 2.37. The van der Waals surface area contributed by atoms with Crippen molar-refractivity contribution >= 4 is 16.0 Å². The van der Waals surface area contributed by atoms with Crippen LogP contribution in [0.1, 0.15) is 49.6 Å². The summed E-state index contributed by atoms with van der Waals surface area (Å²) >= 11 is 0. The molecule has 1 aliphatic rings. The Balaban J connectivity index is 2.19. The molecule has 7 heteroatoms. The van der Waals surface area contributed by atoms with Crippen molar-refractivity contribution in [3.05, 3.63) is 18.0 Å². The lowest BCUT2D eigenvalue weighted by Crippen LogP contribution is -2.25. The van der Waals surface area contributed by atoms with Gasteiger partial charge in [-0.2, -0.15) is 0 Å². The van der Waals surface area contributed by atoms with Crippen molar-refractivity contribution in [3.8, 4) is 0 Å². The van der Waals surface area contributed by atoms with E-state index in [1.165, 1.54) is 12.3 Å². The molecule has 2 rings (SSSR count). The van der Waals surface area contributed by atoms with Gasteiger partial charge in [0.15, 0.2) is 0 Å². The molecule has 0 aromatic carbocycles. The van der Waals surface area contributed by atoms with Crippen LogP contribution in [0.4, 0.5) is 0 Å². The van der Waals surface area contributed by atoms with Gasteiger partial charge in [-0.25, -0.2) is 17.9 Å². The Kier molecular flexibility index (Phi) is 4.19. The zero-order chi connectivity index (χ0) is 14.9. The molecule has 1 saturated carbocycles. The fourth-order valence-electron chi connectivity index (χ4n) is 1.99. The fourth-order valence-corrected chi connectivity index (χ4v) is 3.06. The highest BCUT2D eigenvalue weighted by Gasteiger charge is 2.30. The highest BCUT2D eigenvalue weighted by atomic mass is 32.2. The van der Waals surface area contributed by atoms with E-state index >= 15 is 0 Å². The van der Waals surface area contributed by atoms with Gasteiger partial charge in [0.25, 0.3) is 0 Å².